The Balaban J connectivity index is 1.94. The summed E-state index contributed by atoms with van der Waals surface area (Å²) in [5.41, 5.74) is 8.68. The lowest BCUT2D eigenvalue weighted by atomic mass is 9.94. The van der Waals surface area contributed by atoms with E-state index in [1.807, 2.05) is 6.92 Å². The number of nitrogens with one attached hydrogen (secondary N) is 1. The van der Waals surface area contributed by atoms with E-state index in [2.05, 4.69) is 35.9 Å². The number of nitrogens with two attached hydrogens (primary N) is 1. The second kappa shape index (κ2) is 6.18. The molecular weight excluding hydrogens is 264 g/mol. The molecule has 1 aliphatic rings. The van der Waals surface area contributed by atoms with Gasteiger partial charge in [-0.3, -0.25) is 9.48 Å². The minimum Gasteiger partial charge on any atom is -0.368 e. The monoisotopic (exact) mass is 292 g/mol. The summed E-state index contributed by atoms with van der Waals surface area (Å²) in [6.45, 7) is 9.10. The van der Waals surface area contributed by atoms with Crippen molar-refractivity contribution < 1.29 is 4.79 Å². The van der Waals surface area contributed by atoms with Crippen molar-refractivity contribution in [1.82, 2.24) is 15.1 Å². The van der Waals surface area contributed by atoms with Gasteiger partial charge in [0.2, 0.25) is 5.91 Å². The van der Waals surface area contributed by atoms with E-state index < -0.39 is 5.54 Å². The second-order valence-corrected chi connectivity index (χ2v) is 6.44. The van der Waals surface area contributed by atoms with E-state index >= 15 is 0 Å². The highest BCUT2D eigenvalue weighted by Crippen LogP contribution is 2.25. The van der Waals surface area contributed by atoms with E-state index in [9.17, 15) is 4.79 Å². The lowest BCUT2D eigenvalue weighted by Gasteiger charge is -2.27. The van der Waals surface area contributed by atoms with Gasteiger partial charge in [-0.15, -0.1) is 0 Å². The Hall–Kier alpha value is -1.36. The highest BCUT2D eigenvalue weighted by molar-refractivity contribution is 5.84. The Kier molecular flexibility index (Phi) is 4.71. The molecule has 1 fully saturated rings. The van der Waals surface area contributed by atoms with E-state index in [4.69, 9.17) is 5.73 Å². The zero-order valence-corrected chi connectivity index (χ0v) is 13.7. The van der Waals surface area contributed by atoms with Crippen LogP contribution in [0.4, 0.5) is 0 Å². The van der Waals surface area contributed by atoms with Crippen LogP contribution in [0.25, 0.3) is 0 Å². The fraction of sp³-hybridized carbons (Fsp3) is 0.750. The third-order valence-electron chi connectivity index (χ3n) is 4.58. The van der Waals surface area contributed by atoms with E-state index in [-0.39, 0.29) is 5.91 Å². The molecule has 1 aliphatic carbocycles. The molecule has 1 saturated carbocycles. The van der Waals surface area contributed by atoms with Crippen molar-refractivity contribution in [2.75, 3.05) is 0 Å². The van der Waals surface area contributed by atoms with Crippen LogP contribution in [0.3, 0.4) is 0 Å². The first kappa shape index (κ1) is 16.0. The minimum absolute atomic E-state index is 0.253. The molecule has 1 amide bonds. The Morgan fingerprint density at radius 2 is 2.14 bits per heavy atom. The van der Waals surface area contributed by atoms with Gasteiger partial charge in [0.1, 0.15) is 0 Å². The average Bonchev–Trinajstić information content (AvgIpc) is 3.16. The molecule has 1 aromatic rings. The van der Waals surface area contributed by atoms with Crippen molar-refractivity contribution in [3.8, 4) is 0 Å². The molecule has 5 nitrogen and oxygen atoms in total. The number of hydrogen-bond donors (Lipinski definition) is 2. The van der Waals surface area contributed by atoms with Crippen LogP contribution in [0.5, 0.6) is 0 Å². The van der Waals surface area contributed by atoms with Crippen molar-refractivity contribution in [3.05, 3.63) is 17.0 Å². The first-order valence-electron chi connectivity index (χ1n) is 7.98. The van der Waals surface area contributed by atoms with Gasteiger partial charge in [0.15, 0.2) is 0 Å². The highest BCUT2D eigenvalue weighted by atomic mass is 16.1. The zero-order chi connectivity index (χ0) is 15.6. The predicted octanol–water partition coefficient (Wildman–Crippen LogP) is 1.84. The van der Waals surface area contributed by atoms with Crippen LogP contribution < -0.4 is 11.1 Å². The van der Waals surface area contributed by atoms with Gasteiger partial charge >= 0.3 is 0 Å². The molecule has 21 heavy (non-hydrogen) atoms. The van der Waals surface area contributed by atoms with E-state index in [0.717, 1.165) is 44.3 Å². The topological polar surface area (TPSA) is 72.9 Å². The van der Waals surface area contributed by atoms with E-state index in [0.29, 0.717) is 6.04 Å². The third-order valence-corrected chi connectivity index (χ3v) is 4.58. The maximum atomic E-state index is 11.7. The summed E-state index contributed by atoms with van der Waals surface area (Å²) in [7, 11) is 0. The minimum atomic E-state index is -0.592. The largest absolute Gasteiger partial charge is 0.368 e. The van der Waals surface area contributed by atoms with Gasteiger partial charge in [-0.2, -0.15) is 5.10 Å². The summed E-state index contributed by atoms with van der Waals surface area (Å²) in [4.78, 5) is 11.7. The van der Waals surface area contributed by atoms with Crippen molar-refractivity contribution in [2.45, 2.75) is 77.9 Å². The number of hydrogen-bond acceptors (Lipinski definition) is 3. The molecule has 1 heterocycles. The molecule has 1 unspecified atom stereocenters. The van der Waals surface area contributed by atoms with Gasteiger partial charge in [-0.05, 0) is 58.4 Å². The molecule has 0 bridgehead atoms. The number of aromatic nitrogens is 2. The predicted molar refractivity (Wildman–Crippen MR) is 84.1 cm³/mol. The maximum Gasteiger partial charge on any atom is 0.237 e. The summed E-state index contributed by atoms with van der Waals surface area (Å²) >= 11 is 0. The quantitative estimate of drug-likeness (QED) is 0.768. The number of carbonyl (C=O) groups is 1. The van der Waals surface area contributed by atoms with E-state index in [1.54, 1.807) is 0 Å². The third kappa shape index (κ3) is 3.64. The van der Waals surface area contributed by atoms with Crippen LogP contribution in [0.15, 0.2) is 0 Å². The lowest BCUT2D eigenvalue weighted by Crippen LogP contribution is -2.54. The number of carbonyl (C=O) groups excluding carboxylic acids is 1. The summed E-state index contributed by atoms with van der Waals surface area (Å²) < 4.78 is 2.06. The van der Waals surface area contributed by atoms with Crippen molar-refractivity contribution in [1.29, 1.82) is 0 Å². The molecule has 0 saturated heterocycles. The second-order valence-electron chi connectivity index (χ2n) is 6.44. The fourth-order valence-electron chi connectivity index (χ4n) is 2.99. The summed E-state index contributed by atoms with van der Waals surface area (Å²) in [6.07, 6.45) is 4.96. The molecule has 0 radical (unpaired) electrons. The summed E-state index contributed by atoms with van der Waals surface area (Å²) in [5, 5.41) is 7.99. The Labute approximate surface area is 127 Å². The van der Waals surface area contributed by atoms with Crippen LogP contribution in [0, 0.1) is 13.8 Å². The van der Waals surface area contributed by atoms with Crippen LogP contribution in [-0.2, 0) is 17.8 Å². The molecule has 1 aromatic heterocycles. The van der Waals surface area contributed by atoms with Gasteiger partial charge < -0.3 is 11.1 Å². The van der Waals surface area contributed by atoms with Crippen LogP contribution >= 0.6 is 0 Å². The number of rotatable bonds is 8. The normalized spacial score (nSPS) is 17.7. The molecule has 1 atom stereocenters. The zero-order valence-electron chi connectivity index (χ0n) is 13.7. The molecule has 118 valence electrons. The van der Waals surface area contributed by atoms with E-state index in [1.165, 1.54) is 11.3 Å². The van der Waals surface area contributed by atoms with Crippen molar-refractivity contribution >= 4 is 5.91 Å². The van der Waals surface area contributed by atoms with Gasteiger partial charge in [-0.25, -0.2) is 0 Å². The number of amides is 1. The highest BCUT2D eigenvalue weighted by Gasteiger charge is 2.36. The Bertz CT molecular complexity index is 519. The Morgan fingerprint density at radius 3 is 2.62 bits per heavy atom. The first-order chi connectivity index (χ1) is 9.87. The summed E-state index contributed by atoms with van der Waals surface area (Å²) in [6, 6.07) is 0.475. The average molecular weight is 292 g/mol. The molecule has 0 aromatic carbocycles. The molecule has 0 aliphatic heterocycles. The molecular formula is C16H28N4O. The van der Waals surface area contributed by atoms with Crippen LogP contribution in [-0.4, -0.2) is 27.3 Å². The van der Waals surface area contributed by atoms with Gasteiger partial charge in [0.05, 0.1) is 11.2 Å². The summed E-state index contributed by atoms with van der Waals surface area (Å²) in [5.74, 6) is -0.253. The van der Waals surface area contributed by atoms with Gasteiger partial charge in [-0.1, -0.05) is 6.92 Å². The lowest BCUT2D eigenvalue weighted by molar-refractivity contribution is -0.124. The SMILES string of the molecule is CCc1c(C)nn(CCCC(C)(NC2CC2)C(N)=O)c1C. The number of primary amides is 1. The smallest absolute Gasteiger partial charge is 0.237 e. The fourth-order valence-corrected chi connectivity index (χ4v) is 2.99. The van der Waals surface area contributed by atoms with Gasteiger partial charge in [0.25, 0.3) is 0 Å². The van der Waals surface area contributed by atoms with Crippen molar-refractivity contribution in [3.63, 3.8) is 0 Å². The first-order valence-corrected chi connectivity index (χ1v) is 7.98. The standard InChI is InChI=1S/C16H28N4O/c1-5-14-11(2)19-20(12(14)3)10-6-9-16(4,15(17)21)18-13-7-8-13/h13,18H,5-10H2,1-4H3,(H2,17,21). The van der Waals surface area contributed by atoms with Crippen LogP contribution in [0.2, 0.25) is 0 Å². The van der Waals surface area contributed by atoms with Crippen LogP contribution in [0.1, 0.15) is 56.5 Å². The van der Waals surface area contributed by atoms with Crippen molar-refractivity contribution in [2.24, 2.45) is 5.73 Å². The number of nitrogens with zero attached hydrogens (tertiary/aromatic N) is 2. The van der Waals surface area contributed by atoms with Gasteiger partial charge in [0, 0.05) is 18.3 Å². The molecule has 2 rings (SSSR count). The number of aryl methyl sites for hydroxylation is 2. The molecule has 0 spiro atoms. The molecule has 5 heteroatoms. The molecule has 3 N–H and O–H groups in total. The Morgan fingerprint density at radius 1 is 1.48 bits per heavy atom. The maximum absolute atomic E-state index is 11.7.